The molecule has 33 heavy (non-hydrogen) atoms. The van der Waals surface area contributed by atoms with Crippen LogP contribution < -0.4 is 22.1 Å². The Morgan fingerprint density at radius 1 is 1.18 bits per heavy atom. The zero-order valence-electron chi connectivity index (χ0n) is 18.3. The van der Waals surface area contributed by atoms with Crippen LogP contribution in [0.15, 0.2) is 42.5 Å². The minimum Gasteiger partial charge on any atom is -0.368 e. The van der Waals surface area contributed by atoms with Gasteiger partial charge < -0.3 is 27.0 Å². The van der Waals surface area contributed by atoms with Gasteiger partial charge in [0.15, 0.2) is 0 Å². The van der Waals surface area contributed by atoms with E-state index < -0.39 is 11.9 Å². The summed E-state index contributed by atoms with van der Waals surface area (Å²) in [5.74, 6) is -1.40. The van der Waals surface area contributed by atoms with Gasteiger partial charge in [0.1, 0.15) is 0 Å². The second-order valence-corrected chi connectivity index (χ2v) is 8.60. The number of benzene rings is 2. The first-order valence-electron chi connectivity index (χ1n) is 10.9. The second kappa shape index (κ2) is 9.03. The number of likely N-dealkylation sites (tertiary alicyclic amines) is 1. The van der Waals surface area contributed by atoms with Gasteiger partial charge in [0.25, 0.3) is 11.8 Å². The number of carbonyl (C=O) groups is 4. The molecule has 2 aromatic rings. The monoisotopic (exact) mass is 449 g/mol. The van der Waals surface area contributed by atoms with Crippen LogP contribution in [-0.4, -0.2) is 53.7 Å². The van der Waals surface area contributed by atoms with Crippen molar-refractivity contribution in [3.8, 4) is 0 Å². The molecule has 1 saturated heterocycles. The highest BCUT2D eigenvalue weighted by atomic mass is 16.2. The molecule has 0 aliphatic carbocycles. The number of nitrogens with one attached hydrogen (secondary N) is 2. The zero-order valence-corrected chi connectivity index (χ0v) is 18.3. The highest BCUT2D eigenvalue weighted by molar-refractivity contribution is 6.06. The van der Waals surface area contributed by atoms with Crippen molar-refractivity contribution in [3.05, 3.63) is 64.7 Å². The third-order valence-electron chi connectivity index (χ3n) is 6.37. The zero-order chi connectivity index (χ0) is 23.7. The summed E-state index contributed by atoms with van der Waals surface area (Å²) in [6.07, 6.45) is 0.273. The van der Waals surface area contributed by atoms with Gasteiger partial charge in [-0.2, -0.15) is 0 Å². The third kappa shape index (κ3) is 4.58. The first-order valence-corrected chi connectivity index (χ1v) is 10.9. The van der Waals surface area contributed by atoms with Crippen LogP contribution in [0.4, 0.5) is 5.69 Å². The predicted molar refractivity (Wildman–Crippen MR) is 123 cm³/mol. The topological polar surface area (TPSA) is 148 Å². The summed E-state index contributed by atoms with van der Waals surface area (Å²) in [5, 5.41) is 5.88. The number of hydrogen-bond acceptors (Lipinski definition) is 5. The van der Waals surface area contributed by atoms with E-state index >= 15 is 0 Å². The van der Waals surface area contributed by atoms with Crippen molar-refractivity contribution in [1.29, 1.82) is 0 Å². The second-order valence-electron chi connectivity index (χ2n) is 8.60. The minimum absolute atomic E-state index is 0.100. The average molecular weight is 450 g/mol. The lowest BCUT2D eigenvalue weighted by Gasteiger charge is -2.28. The van der Waals surface area contributed by atoms with Gasteiger partial charge in [-0.25, -0.2) is 0 Å². The molecule has 6 N–H and O–H groups in total. The smallest absolute Gasteiger partial charge is 0.255 e. The Bertz CT molecular complexity index is 1130. The van der Waals surface area contributed by atoms with E-state index in [0.29, 0.717) is 24.2 Å². The Morgan fingerprint density at radius 3 is 2.67 bits per heavy atom. The Balaban J connectivity index is 1.51. The number of anilines is 1. The maximum absolute atomic E-state index is 12.9. The number of rotatable bonds is 6. The normalized spacial score (nSPS) is 19.8. The molecule has 2 aliphatic rings. The summed E-state index contributed by atoms with van der Waals surface area (Å²) in [6, 6.07) is 11.4. The number of primary amides is 1. The highest BCUT2D eigenvalue weighted by Crippen LogP contribution is 2.35. The van der Waals surface area contributed by atoms with E-state index in [1.165, 1.54) is 0 Å². The highest BCUT2D eigenvalue weighted by Gasteiger charge is 2.42. The van der Waals surface area contributed by atoms with Crippen LogP contribution >= 0.6 is 0 Å². The number of nitrogens with two attached hydrogens (primary N) is 2. The van der Waals surface area contributed by atoms with Crippen LogP contribution in [0.2, 0.25) is 0 Å². The lowest BCUT2D eigenvalue weighted by Crippen LogP contribution is -2.44. The van der Waals surface area contributed by atoms with E-state index in [2.05, 4.69) is 10.6 Å². The molecule has 3 atom stereocenters. The van der Waals surface area contributed by atoms with Crippen molar-refractivity contribution in [3.63, 3.8) is 0 Å². The molecule has 2 aliphatic heterocycles. The number of amides is 4. The van der Waals surface area contributed by atoms with Crippen LogP contribution in [0.1, 0.15) is 50.6 Å². The quantitative estimate of drug-likeness (QED) is 0.517. The van der Waals surface area contributed by atoms with E-state index in [4.69, 9.17) is 11.5 Å². The van der Waals surface area contributed by atoms with Gasteiger partial charge in [0, 0.05) is 42.2 Å². The summed E-state index contributed by atoms with van der Waals surface area (Å²) in [4.78, 5) is 51.0. The summed E-state index contributed by atoms with van der Waals surface area (Å²) in [6.45, 7) is 2.68. The molecule has 0 saturated carbocycles. The van der Waals surface area contributed by atoms with Gasteiger partial charge in [-0.1, -0.05) is 18.2 Å². The van der Waals surface area contributed by atoms with Gasteiger partial charge in [-0.3, -0.25) is 19.2 Å². The Morgan fingerprint density at radius 2 is 1.94 bits per heavy atom. The molecule has 0 spiro atoms. The standard InChI is InChI=1S/C24H27N5O4/c1-13-4-2-3-5-19(13)27-23(32)14-6-7-15-16(10-14)17-11-29(12-20(17)28-24(15)33)21(30)9-8-18(25)22(26)31/h2-7,10,17-18,20H,8-9,11-12,25H2,1H3,(H2,26,31)(H,27,32)(H,28,33). The maximum Gasteiger partial charge on any atom is 0.255 e. The number of para-hydroxylation sites is 1. The van der Waals surface area contributed by atoms with E-state index in [9.17, 15) is 19.2 Å². The van der Waals surface area contributed by atoms with Gasteiger partial charge in [0.2, 0.25) is 11.8 Å². The molecular formula is C24H27N5O4. The van der Waals surface area contributed by atoms with E-state index in [1.54, 1.807) is 23.1 Å². The van der Waals surface area contributed by atoms with Crippen molar-refractivity contribution >= 4 is 29.3 Å². The molecule has 2 aromatic carbocycles. The molecule has 172 valence electrons. The van der Waals surface area contributed by atoms with E-state index in [1.807, 2.05) is 31.2 Å². The van der Waals surface area contributed by atoms with E-state index in [-0.39, 0.29) is 42.5 Å². The van der Waals surface area contributed by atoms with Crippen LogP contribution in [0.5, 0.6) is 0 Å². The molecule has 2 heterocycles. The summed E-state index contributed by atoms with van der Waals surface area (Å²) < 4.78 is 0. The largest absolute Gasteiger partial charge is 0.368 e. The Kier molecular flexibility index (Phi) is 6.15. The van der Waals surface area contributed by atoms with Gasteiger partial charge in [-0.05, 0) is 48.7 Å². The summed E-state index contributed by atoms with van der Waals surface area (Å²) in [7, 11) is 0. The number of hydrogen-bond donors (Lipinski definition) is 4. The number of aryl methyl sites for hydroxylation is 1. The van der Waals surface area contributed by atoms with Crippen LogP contribution in [-0.2, 0) is 9.59 Å². The molecule has 1 fully saturated rings. The van der Waals surface area contributed by atoms with Crippen molar-refractivity contribution in [2.75, 3.05) is 18.4 Å². The third-order valence-corrected chi connectivity index (χ3v) is 6.37. The van der Waals surface area contributed by atoms with Crippen molar-refractivity contribution < 1.29 is 19.2 Å². The molecular weight excluding hydrogens is 422 g/mol. The number of fused-ring (bicyclic) bond motifs is 3. The fourth-order valence-electron chi connectivity index (χ4n) is 4.42. The Labute approximate surface area is 191 Å². The number of carbonyl (C=O) groups excluding carboxylic acids is 4. The SMILES string of the molecule is Cc1ccccc1NC(=O)c1ccc2c(c1)C1CN(C(=O)CCC(N)C(N)=O)CC1NC2=O. The molecule has 4 amide bonds. The van der Waals surface area contributed by atoms with Gasteiger partial charge in [-0.15, -0.1) is 0 Å². The van der Waals surface area contributed by atoms with Crippen LogP contribution in [0.25, 0.3) is 0 Å². The molecule has 9 nitrogen and oxygen atoms in total. The maximum atomic E-state index is 12.9. The molecule has 0 aromatic heterocycles. The molecule has 0 radical (unpaired) electrons. The lowest BCUT2D eigenvalue weighted by atomic mass is 9.85. The predicted octanol–water partition coefficient (Wildman–Crippen LogP) is 0.878. The summed E-state index contributed by atoms with van der Waals surface area (Å²) >= 11 is 0. The Hall–Kier alpha value is -3.72. The molecule has 4 rings (SSSR count). The van der Waals surface area contributed by atoms with Crippen LogP contribution in [0, 0.1) is 6.92 Å². The van der Waals surface area contributed by atoms with Crippen molar-refractivity contribution in [2.45, 2.75) is 37.8 Å². The fraction of sp³-hybridized carbons (Fsp3) is 0.333. The van der Waals surface area contributed by atoms with Crippen molar-refractivity contribution in [1.82, 2.24) is 10.2 Å². The van der Waals surface area contributed by atoms with Gasteiger partial charge >= 0.3 is 0 Å². The first kappa shape index (κ1) is 22.5. The van der Waals surface area contributed by atoms with Gasteiger partial charge in [0.05, 0.1) is 12.1 Å². The lowest BCUT2D eigenvalue weighted by molar-refractivity contribution is -0.130. The van der Waals surface area contributed by atoms with E-state index in [0.717, 1.165) is 16.8 Å². The number of nitrogens with zero attached hydrogens (tertiary/aromatic N) is 1. The van der Waals surface area contributed by atoms with Crippen LogP contribution in [0.3, 0.4) is 0 Å². The first-order chi connectivity index (χ1) is 15.7. The molecule has 3 unspecified atom stereocenters. The van der Waals surface area contributed by atoms with Crippen molar-refractivity contribution in [2.24, 2.45) is 11.5 Å². The molecule has 9 heteroatoms. The summed E-state index contributed by atoms with van der Waals surface area (Å²) in [5.41, 5.74) is 14.2. The fourth-order valence-corrected chi connectivity index (χ4v) is 4.42. The molecule has 0 bridgehead atoms. The average Bonchev–Trinajstić information content (AvgIpc) is 3.22. The minimum atomic E-state index is -0.867.